The molecule has 1 unspecified atom stereocenters. The molecule has 3 nitrogen and oxygen atoms in total. The van der Waals surface area contributed by atoms with Gasteiger partial charge in [-0.15, -0.1) is 0 Å². The predicted octanol–water partition coefficient (Wildman–Crippen LogP) is 2.50. The van der Waals surface area contributed by atoms with Gasteiger partial charge in [-0.2, -0.15) is 0 Å². The molecule has 1 N–H and O–H groups in total. The normalized spacial score (nSPS) is 20.8. The van der Waals surface area contributed by atoms with Crippen LogP contribution < -0.4 is 4.74 Å². The summed E-state index contributed by atoms with van der Waals surface area (Å²) in [6.07, 6.45) is 2.13. The summed E-state index contributed by atoms with van der Waals surface area (Å²) in [5.74, 6) is 0.737. The molecule has 1 saturated heterocycles. The van der Waals surface area contributed by atoms with Crippen molar-refractivity contribution in [3.05, 3.63) is 28.2 Å². The second kappa shape index (κ2) is 5.66. The van der Waals surface area contributed by atoms with Crippen molar-refractivity contribution in [2.75, 3.05) is 13.2 Å². The summed E-state index contributed by atoms with van der Waals surface area (Å²) in [6.45, 7) is 1.44. The molecule has 1 heterocycles. The molecule has 1 atom stereocenters. The summed E-state index contributed by atoms with van der Waals surface area (Å²) in [5, 5.41) is 9.24. The van der Waals surface area contributed by atoms with E-state index in [1.165, 1.54) is 0 Å². The number of aliphatic hydroxyl groups is 1. The SMILES string of the molecule is OCc1cccc(Br)c1OC1CCCOC1. The minimum absolute atomic E-state index is 0.0116. The first-order valence-corrected chi connectivity index (χ1v) is 6.23. The fourth-order valence-electron chi connectivity index (χ4n) is 1.78. The second-order valence-corrected chi connectivity index (χ2v) is 4.70. The highest BCUT2D eigenvalue weighted by atomic mass is 79.9. The monoisotopic (exact) mass is 286 g/mol. The van der Waals surface area contributed by atoms with Gasteiger partial charge in [-0.1, -0.05) is 12.1 Å². The van der Waals surface area contributed by atoms with Gasteiger partial charge in [-0.25, -0.2) is 0 Å². The number of hydrogen-bond donors (Lipinski definition) is 1. The Morgan fingerprint density at radius 1 is 1.50 bits per heavy atom. The first-order chi connectivity index (χ1) is 7.81. The van der Waals surface area contributed by atoms with Crippen molar-refractivity contribution in [2.45, 2.75) is 25.6 Å². The van der Waals surface area contributed by atoms with E-state index in [1.54, 1.807) is 0 Å². The summed E-state index contributed by atoms with van der Waals surface area (Å²) in [5.41, 5.74) is 0.806. The number of rotatable bonds is 3. The molecule has 88 valence electrons. The van der Waals surface area contributed by atoms with Crippen LogP contribution in [-0.4, -0.2) is 24.4 Å². The fraction of sp³-hybridized carbons (Fsp3) is 0.500. The molecule has 1 aromatic rings. The molecule has 4 heteroatoms. The average Bonchev–Trinajstić information content (AvgIpc) is 2.33. The van der Waals surface area contributed by atoms with Crippen molar-refractivity contribution in [3.8, 4) is 5.75 Å². The van der Waals surface area contributed by atoms with Gasteiger partial charge in [-0.05, 0) is 34.8 Å². The van der Waals surface area contributed by atoms with Gasteiger partial charge in [0.1, 0.15) is 11.9 Å². The van der Waals surface area contributed by atoms with E-state index in [0.717, 1.165) is 35.2 Å². The minimum Gasteiger partial charge on any atom is -0.486 e. The van der Waals surface area contributed by atoms with E-state index in [9.17, 15) is 5.11 Å². The molecule has 0 bridgehead atoms. The van der Waals surface area contributed by atoms with Crippen LogP contribution in [0.25, 0.3) is 0 Å². The predicted molar refractivity (Wildman–Crippen MR) is 64.5 cm³/mol. The van der Waals surface area contributed by atoms with Crippen LogP contribution in [0.3, 0.4) is 0 Å². The van der Waals surface area contributed by atoms with E-state index in [1.807, 2.05) is 18.2 Å². The molecule has 0 spiro atoms. The van der Waals surface area contributed by atoms with Gasteiger partial charge in [0.15, 0.2) is 0 Å². The smallest absolute Gasteiger partial charge is 0.139 e. The Morgan fingerprint density at radius 3 is 3.06 bits per heavy atom. The van der Waals surface area contributed by atoms with Gasteiger partial charge in [0.25, 0.3) is 0 Å². The third-order valence-corrected chi connectivity index (χ3v) is 3.25. The van der Waals surface area contributed by atoms with Gasteiger partial charge in [-0.3, -0.25) is 0 Å². The summed E-state index contributed by atoms with van der Waals surface area (Å²) in [6, 6.07) is 5.67. The van der Waals surface area contributed by atoms with E-state index in [2.05, 4.69) is 15.9 Å². The quantitative estimate of drug-likeness (QED) is 0.928. The van der Waals surface area contributed by atoms with E-state index in [-0.39, 0.29) is 12.7 Å². The van der Waals surface area contributed by atoms with Crippen LogP contribution in [0.4, 0.5) is 0 Å². The van der Waals surface area contributed by atoms with Crippen LogP contribution in [-0.2, 0) is 11.3 Å². The van der Waals surface area contributed by atoms with Gasteiger partial charge in [0.05, 0.1) is 17.7 Å². The second-order valence-electron chi connectivity index (χ2n) is 3.84. The van der Waals surface area contributed by atoms with Crippen molar-refractivity contribution in [3.63, 3.8) is 0 Å². The van der Waals surface area contributed by atoms with Gasteiger partial charge < -0.3 is 14.6 Å². The van der Waals surface area contributed by atoms with E-state index < -0.39 is 0 Å². The Labute approximate surface area is 104 Å². The molecule has 0 aromatic heterocycles. The molecule has 1 fully saturated rings. The molecular formula is C12H15BrO3. The van der Waals surface area contributed by atoms with Crippen molar-refractivity contribution in [2.24, 2.45) is 0 Å². The minimum atomic E-state index is -0.0116. The van der Waals surface area contributed by atoms with Gasteiger partial charge in [0.2, 0.25) is 0 Å². The largest absolute Gasteiger partial charge is 0.486 e. The number of para-hydroxylation sites is 1. The third kappa shape index (κ3) is 2.75. The number of hydrogen-bond acceptors (Lipinski definition) is 3. The number of aliphatic hydroxyl groups excluding tert-OH is 1. The van der Waals surface area contributed by atoms with Crippen molar-refractivity contribution in [1.82, 2.24) is 0 Å². The lowest BCUT2D eigenvalue weighted by molar-refractivity contribution is 0.00628. The fourth-order valence-corrected chi connectivity index (χ4v) is 2.28. The molecule has 16 heavy (non-hydrogen) atoms. The Kier molecular flexibility index (Phi) is 4.21. The van der Waals surface area contributed by atoms with Crippen LogP contribution in [0.5, 0.6) is 5.75 Å². The molecule has 0 amide bonds. The lowest BCUT2D eigenvalue weighted by Gasteiger charge is -2.24. The maximum atomic E-state index is 9.24. The van der Waals surface area contributed by atoms with Crippen LogP contribution in [0.15, 0.2) is 22.7 Å². The first kappa shape index (κ1) is 11.9. The zero-order valence-corrected chi connectivity index (χ0v) is 10.6. The molecule has 1 aromatic carbocycles. The van der Waals surface area contributed by atoms with E-state index in [0.29, 0.717) is 6.61 Å². The van der Waals surface area contributed by atoms with Crippen LogP contribution in [0, 0.1) is 0 Å². The molecule has 0 aliphatic carbocycles. The lowest BCUT2D eigenvalue weighted by Crippen LogP contribution is -2.28. The van der Waals surface area contributed by atoms with Gasteiger partial charge >= 0.3 is 0 Å². The highest BCUT2D eigenvalue weighted by molar-refractivity contribution is 9.10. The Bertz CT molecular complexity index is 348. The lowest BCUT2D eigenvalue weighted by atomic mass is 10.1. The molecule has 1 aliphatic rings. The molecule has 2 rings (SSSR count). The molecule has 1 aliphatic heterocycles. The topological polar surface area (TPSA) is 38.7 Å². The summed E-state index contributed by atoms with van der Waals surface area (Å²) in [4.78, 5) is 0. The Hall–Kier alpha value is -0.580. The Balaban J connectivity index is 2.12. The van der Waals surface area contributed by atoms with Crippen molar-refractivity contribution < 1.29 is 14.6 Å². The summed E-state index contributed by atoms with van der Waals surface area (Å²) >= 11 is 3.44. The van der Waals surface area contributed by atoms with Crippen LogP contribution in [0.2, 0.25) is 0 Å². The van der Waals surface area contributed by atoms with E-state index >= 15 is 0 Å². The van der Waals surface area contributed by atoms with E-state index in [4.69, 9.17) is 9.47 Å². The number of ether oxygens (including phenoxy) is 2. The third-order valence-electron chi connectivity index (χ3n) is 2.62. The maximum absolute atomic E-state index is 9.24. The first-order valence-electron chi connectivity index (χ1n) is 5.44. The van der Waals surface area contributed by atoms with Gasteiger partial charge in [0, 0.05) is 12.2 Å². The Morgan fingerprint density at radius 2 is 2.38 bits per heavy atom. The standard InChI is InChI=1S/C12H15BrO3/c13-11-5-1-3-9(7-14)12(11)16-10-4-2-6-15-8-10/h1,3,5,10,14H,2,4,6-8H2. The summed E-state index contributed by atoms with van der Waals surface area (Å²) < 4.78 is 12.1. The highest BCUT2D eigenvalue weighted by Crippen LogP contribution is 2.31. The van der Waals surface area contributed by atoms with Crippen LogP contribution >= 0.6 is 15.9 Å². The molecular weight excluding hydrogens is 272 g/mol. The maximum Gasteiger partial charge on any atom is 0.139 e. The molecule has 0 saturated carbocycles. The summed E-state index contributed by atoms with van der Waals surface area (Å²) in [7, 11) is 0. The molecule has 0 radical (unpaired) electrons. The zero-order chi connectivity index (χ0) is 11.4. The van der Waals surface area contributed by atoms with Crippen LogP contribution in [0.1, 0.15) is 18.4 Å². The van der Waals surface area contributed by atoms with Crippen molar-refractivity contribution >= 4 is 15.9 Å². The number of halogens is 1. The highest BCUT2D eigenvalue weighted by Gasteiger charge is 2.18. The zero-order valence-electron chi connectivity index (χ0n) is 8.99. The number of benzene rings is 1. The average molecular weight is 287 g/mol. The van der Waals surface area contributed by atoms with Crippen molar-refractivity contribution in [1.29, 1.82) is 0 Å².